The third kappa shape index (κ3) is 1.94. The zero-order valence-corrected chi connectivity index (χ0v) is 13.2. The van der Waals surface area contributed by atoms with Crippen molar-refractivity contribution < 1.29 is 4.79 Å². The highest BCUT2D eigenvalue weighted by Crippen LogP contribution is 2.44. The Labute approximate surface area is 136 Å². The van der Waals surface area contributed by atoms with Crippen LogP contribution in [0.5, 0.6) is 0 Å². The van der Waals surface area contributed by atoms with E-state index in [1.54, 1.807) is 6.07 Å². The van der Waals surface area contributed by atoms with Crippen LogP contribution in [-0.4, -0.2) is 16.1 Å². The lowest BCUT2D eigenvalue weighted by Crippen LogP contribution is -2.63. The normalized spacial score (nSPS) is 24.1. The van der Waals surface area contributed by atoms with Crippen LogP contribution in [0.15, 0.2) is 54.9 Å². The molecule has 4 heteroatoms. The van der Waals surface area contributed by atoms with Crippen molar-refractivity contribution in [3.8, 4) is 0 Å². The molecule has 23 heavy (non-hydrogen) atoms. The smallest absolute Gasteiger partial charge is 0.275 e. The van der Waals surface area contributed by atoms with Gasteiger partial charge in [0.25, 0.3) is 5.91 Å². The van der Waals surface area contributed by atoms with Gasteiger partial charge in [-0.2, -0.15) is 0 Å². The lowest BCUT2D eigenvalue weighted by molar-refractivity contribution is 0.0893. The van der Waals surface area contributed by atoms with E-state index in [1.165, 1.54) is 0 Å². The molecule has 2 heterocycles. The van der Waals surface area contributed by atoms with Gasteiger partial charge >= 0.3 is 0 Å². The quantitative estimate of drug-likeness (QED) is 0.649. The molecular weight excluding hydrogens is 286 g/mol. The summed E-state index contributed by atoms with van der Waals surface area (Å²) in [7, 11) is 0. The zero-order chi connectivity index (χ0) is 16.0. The van der Waals surface area contributed by atoms with E-state index in [9.17, 15) is 4.79 Å². The molecule has 4 rings (SSSR count). The molecule has 2 N–H and O–H groups in total. The lowest BCUT2D eigenvalue weighted by atomic mass is 9.71. The minimum atomic E-state index is -0.338. The van der Waals surface area contributed by atoms with Crippen LogP contribution in [0, 0.1) is 0 Å². The SMILES string of the molecule is C=C1CCCC[C@]12Cc1cccc(N)c1C(=O)N2n1cccc1. The zero-order valence-electron chi connectivity index (χ0n) is 13.2. The number of amides is 1. The largest absolute Gasteiger partial charge is 0.398 e. The molecule has 1 aliphatic carbocycles. The lowest BCUT2D eigenvalue weighted by Gasteiger charge is -2.51. The van der Waals surface area contributed by atoms with Crippen LogP contribution in [-0.2, 0) is 6.42 Å². The van der Waals surface area contributed by atoms with Gasteiger partial charge in [0.05, 0.1) is 11.1 Å². The van der Waals surface area contributed by atoms with Crippen LogP contribution in [0.1, 0.15) is 41.6 Å². The Kier molecular flexibility index (Phi) is 3.08. The molecule has 2 aliphatic rings. The Morgan fingerprint density at radius 1 is 1.13 bits per heavy atom. The van der Waals surface area contributed by atoms with Crippen molar-refractivity contribution in [1.82, 2.24) is 4.68 Å². The number of benzene rings is 1. The average molecular weight is 307 g/mol. The average Bonchev–Trinajstić information content (AvgIpc) is 3.04. The molecule has 1 atom stereocenters. The molecule has 1 saturated carbocycles. The molecule has 4 nitrogen and oxygen atoms in total. The highest BCUT2D eigenvalue weighted by atomic mass is 16.2. The second kappa shape index (κ2) is 5.01. The number of hydrogen-bond acceptors (Lipinski definition) is 2. The van der Waals surface area contributed by atoms with Gasteiger partial charge in [0.1, 0.15) is 0 Å². The Morgan fingerprint density at radius 2 is 1.91 bits per heavy atom. The maximum Gasteiger partial charge on any atom is 0.275 e. The standard InChI is InChI=1S/C19H21N3O/c1-14-7-2-3-10-19(14)13-15-8-6-9-16(20)17(15)18(23)22(19)21-11-4-5-12-21/h4-6,8-9,11-12H,1-3,7,10,13,20H2/t19-/m0/s1. The maximum atomic E-state index is 13.3. The number of nitrogens with zero attached hydrogens (tertiary/aromatic N) is 2. The van der Waals surface area contributed by atoms with Crippen molar-refractivity contribution in [3.05, 3.63) is 66.0 Å². The van der Waals surface area contributed by atoms with Crippen LogP contribution in [0.4, 0.5) is 5.69 Å². The maximum absolute atomic E-state index is 13.3. The van der Waals surface area contributed by atoms with E-state index in [0.29, 0.717) is 11.3 Å². The molecule has 1 spiro atoms. The minimum absolute atomic E-state index is 0.0244. The van der Waals surface area contributed by atoms with E-state index in [4.69, 9.17) is 5.73 Å². The third-order valence-electron chi connectivity index (χ3n) is 5.27. The molecule has 0 radical (unpaired) electrons. The van der Waals surface area contributed by atoms with Crippen molar-refractivity contribution in [2.75, 3.05) is 10.7 Å². The molecular formula is C19H21N3O. The Bertz CT molecular complexity index is 778. The number of nitrogen functional groups attached to an aromatic ring is 1. The summed E-state index contributed by atoms with van der Waals surface area (Å²) in [6.45, 7) is 4.34. The van der Waals surface area contributed by atoms with E-state index >= 15 is 0 Å². The first-order valence-electron chi connectivity index (χ1n) is 8.17. The molecule has 1 aromatic heterocycles. The molecule has 118 valence electrons. The molecule has 0 saturated heterocycles. The number of anilines is 1. The van der Waals surface area contributed by atoms with Gasteiger partial charge in [0.2, 0.25) is 0 Å². The van der Waals surface area contributed by atoms with Gasteiger partial charge in [-0.25, -0.2) is 5.01 Å². The fourth-order valence-electron chi connectivity index (χ4n) is 4.14. The second-order valence-electron chi connectivity index (χ2n) is 6.58. The molecule has 0 bridgehead atoms. The van der Waals surface area contributed by atoms with E-state index in [1.807, 2.05) is 46.3 Å². The predicted molar refractivity (Wildman–Crippen MR) is 91.9 cm³/mol. The summed E-state index contributed by atoms with van der Waals surface area (Å²) >= 11 is 0. The van der Waals surface area contributed by atoms with Gasteiger partial charge in [-0.3, -0.25) is 9.47 Å². The van der Waals surface area contributed by atoms with Crippen molar-refractivity contribution >= 4 is 11.6 Å². The molecule has 1 aliphatic heterocycles. The summed E-state index contributed by atoms with van der Waals surface area (Å²) in [5, 5.41) is 1.88. The molecule has 2 aromatic rings. The van der Waals surface area contributed by atoms with Gasteiger partial charge < -0.3 is 5.73 Å². The molecule has 1 aromatic carbocycles. The fourth-order valence-corrected chi connectivity index (χ4v) is 4.14. The first-order chi connectivity index (χ1) is 11.1. The number of rotatable bonds is 1. The van der Waals surface area contributed by atoms with Gasteiger partial charge in [-0.15, -0.1) is 0 Å². The predicted octanol–water partition coefficient (Wildman–Crippen LogP) is 3.27. The summed E-state index contributed by atoms with van der Waals surface area (Å²) in [5.41, 5.74) is 9.18. The van der Waals surface area contributed by atoms with Crippen molar-refractivity contribution in [2.24, 2.45) is 0 Å². The first-order valence-corrected chi connectivity index (χ1v) is 8.17. The first kappa shape index (κ1) is 14.1. The summed E-state index contributed by atoms with van der Waals surface area (Å²) in [4.78, 5) is 13.3. The number of hydrogen-bond donors (Lipinski definition) is 1. The monoisotopic (exact) mass is 307 g/mol. The van der Waals surface area contributed by atoms with Gasteiger partial charge in [-0.1, -0.05) is 25.1 Å². The number of fused-ring (bicyclic) bond motifs is 1. The molecule has 0 unspecified atom stereocenters. The minimum Gasteiger partial charge on any atom is -0.398 e. The number of nitrogens with two attached hydrogens (primary N) is 1. The van der Waals surface area contributed by atoms with E-state index < -0.39 is 0 Å². The topological polar surface area (TPSA) is 51.3 Å². The van der Waals surface area contributed by atoms with E-state index in [2.05, 4.69) is 6.58 Å². The van der Waals surface area contributed by atoms with Crippen molar-refractivity contribution in [3.63, 3.8) is 0 Å². The van der Waals surface area contributed by atoms with E-state index in [-0.39, 0.29) is 11.4 Å². The number of carbonyl (C=O) groups is 1. The summed E-state index contributed by atoms with van der Waals surface area (Å²) in [6.07, 6.45) is 8.82. The number of carbonyl (C=O) groups excluding carboxylic acids is 1. The summed E-state index contributed by atoms with van der Waals surface area (Å²) in [5.74, 6) is -0.0244. The fraction of sp³-hybridized carbons (Fsp3) is 0.316. The highest BCUT2D eigenvalue weighted by molar-refractivity contribution is 6.09. The summed E-state index contributed by atoms with van der Waals surface area (Å²) < 4.78 is 1.90. The van der Waals surface area contributed by atoms with Crippen LogP contribution < -0.4 is 10.7 Å². The Balaban J connectivity index is 1.94. The van der Waals surface area contributed by atoms with Crippen LogP contribution >= 0.6 is 0 Å². The Morgan fingerprint density at radius 3 is 2.65 bits per heavy atom. The summed E-state index contributed by atoms with van der Waals surface area (Å²) in [6, 6.07) is 9.65. The van der Waals surface area contributed by atoms with Crippen molar-refractivity contribution in [1.29, 1.82) is 0 Å². The van der Waals surface area contributed by atoms with Crippen LogP contribution in [0.3, 0.4) is 0 Å². The van der Waals surface area contributed by atoms with Crippen LogP contribution in [0.25, 0.3) is 0 Å². The third-order valence-corrected chi connectivity index (χ3v) is 5.27. The van der Waals surface area contributed by atoms with E-state index in [0.717, 1.165) is 43.2 Å². The Hall–Kier alpha value is -2.49. The van der Waals surface area contributed by atoms with Gasteiger partial charge in [-0.05, 0) is 48.6 Å². The highest BCUT2D eigenvalue weighted by Gasteiger charge is 2.49. The number of aromatic nitrogens is 1. The van der Waals surface area contributed by atoms with Crippen molar-refractivity contribution in [2.45, 2.75) is 37.6 Å². The van der Waals surface area contributed by atoms with Gasteiger partial charge in [0.15, 0.2) is 0 Å². The second-order valence-corrected chi connectivity index (χ2v) is 6.58. The van der Waals surface area contributed by atoms with Crippen LogP contribution in [0.2, 0.25) is 0 Å². The molecule has 1 fully saturated rings. The van der Waals surface area contributed by atoms with Gasteiger partial charge in [0, 0.05) is 24.5 Å². The molecule has 1 amide bonds.